The van der Waals surface area contributed by atoms with Gasteiger partial charge in [0.2, 0.25) is 5.91 Å². The Bertz CT molecular complexity index is 634. The molecule has 0 spiro atoms. The van der Waals surface area contributed by atoms with E-state index in [0.717, 1.165) is 0 Å². The lowest BCUT2D eigenvalue weighted by Crippen LogP contribution is -2.37. The summed E-state index contributed by atoms with van der Waals surface area (Å²) in [7, 11) is 0. The molecule has 0 saturated carbocycles. The van der Waals surface area contributed by atoms with Crippen LogP contribution < -0.4 is 15.4 Å². The summed E-state index contributed by atoms with van der Waals surface area (Å²) in [6, 6.07) is 4.50. The maximum absolute atomic E-state index is 12.1. The minimum Gasteiger partial charge on any atom is -0.482 e. The van der Waals surface area contributed by atoms with Gasteiger partial charge < -0.3 is 20.1 Å². The van der Waals surface area contributed by atoms with E-state index in [-0.39, 0.29) is 12.5 Å². The fraction of sp³-hybridized carbons (Fsp3) is 0.467. The molecule has 0 bridgehead atoms. The standard InChI is InChI=1S/C15H17F3N2O4/c1-8(19-14(22)9(2)24-7-15(16,17)18)10-3-4-12-11(5-10)20-13(21)6-23-12/h3-5,8-9H,6-7H2,1-2H3,(H,19,22)(H,20,21)/t8-,9+/m1/s1. The molecule has 9 heteroatoms. The van der Waals surface area contributed by atoms with Crippen molar-refractivity contribution in [3.63, 3.8) is 0 Å². The maximum atomic E-state index is 12.1. The third-order valence-electron chi connectivity index (χ3n) is 3.36. The number of anilines is 1. The van der Waals surface area contributed by atoms with Crippen molar-refractivity contribution in [1.29, 1.82) is 0 Å². The van der Waals surface area contributed by atoms with Crippen LogP contribution in [-0.4, -0.2) is 37.3 Å². The van der Waals surface area contributed by atoms with E-state index in [9.17, 15) is 22.8 Å². The number of alkyl halides is 3. The highest BCUT2D eigenvalue weighted by Gasteiger charge is 2.30. The molecule has 2 amide bonds. The molecule has 1 aromatic rings. The van der Waals surface area contributed by atoms with Crippen LogP contribution in [0.3, 0.4) is 0 Å². The molecule has 0 fully saturated rings. The predicted molar refractivity (Wildman–Crippen MR) is 78.6 cm³/mol. The molecule has 2 atom stereocenters. The van der Waals surface area contributed by atoms with Crippen molar-refractivity contribution in [2.24, 2.45) is 0 Å². The van der Waals surface area contributed by atoms with Gasteiger partial charge in [-0.2, -0.15) is 13.2 Å². The van der Waals surface area contributed by atoms with Crippen molar-refractivity contribution in [3.05, 3.63) is 23.8 Å². The summed E-state index contributed by atoms with van der Waals surface area (Å²) < 4.78 is 46.0. The molecule has 6 nitrogen and oxygen atoms in total. The molecule has 1 aliphatic heterocycles. The second-order valence-corrected chi connectivity index (χ2v) is 5.39. The summed E-state index contributed by atoms with van der Waals surface area (Å²) in [5.74, 6) is -0.436. The van der Waals surface area contributed by atoms with Crippen LogP contribution >= 0.6 is 0 Å². The van der Waals surface area contributed by atoms with Crippen LogP contribution in [0.25, 0.3) is 0 Å². The van der Waals surface area contributed by atoms with Crippen LogP contribution in [0.2, 0.25) is 0 Å². The van der Waals surface area contributed by atoms with Crippen molar-refractivity contribution in [2.75, 3.05) is 18.5 Å². The summed E-state index contributed by atoms with van der Waals surface area (Å²) in [5, 5.41) is 5.21. The number of fused-ring (bicyclic) bond motifs is 1. The molecule has 1 aromatic carbocycles. The first-order chi connectivity index (χ1) is 11.2. The van der Waals surface area contributed by atoms with Crippen molar-refractivity contribution < 1.29 is 32.2 Å². The highest BCUT2D eigenvalue weighted by Crippen LogP contribution is 2.30. The van der Waals surface area contributed by atoms with Gasteiger partial charge in [0.25, 0.3) is 5.91 Å². The molecule has 1 aliphatic rings. The zero-order chi connectivity index (χ0) is 17.9. The topological polar surface area (TPSA) is 76.7 Å². The van der Waals surface area contributed by atoms with Crippen LogP contribution in [0.5, 0.6) is 5.75 Å². The molecule has 2 rings (SSSR count). The zero-order valence-corrected chi connectivity index (χ0v) is 13.1. The van der Waals surface area contributed by atoms with Crippen LogP contribution in [0, 0.1) is 0 Å². The molecule has 1 heterocycles. The van der Waals surface area contributed by atoms with Gasteiger partial charge in [-0.25, -0.2) is 0 Å². The molecule has 24 heavy (non-hydrogen) atoms. The first-order valence-electron chi connectivity index (χ1n) is 7.21. The Labute approximate surface area is 136 Å². The van der Waals surface area contributed by atoms with Gasteiger partial charge in [0, 0.05) is 0 Å². The van der Waals surface area contributed by atoms with Crippen LogP contribution in [0.1, 0.15) is 25.5 Å². The Morgan fingerprint density at radius 2 is 2.12 bits per heavy atom. The van der Waals surface area contributed by atoms with E-state index in [2.05, 4.69) is 15.4 Å². The molecule has 0 unspecified atom stereocenters. The second-order valence-electron chi connectivity index (χ2n) is 5.39. The van der Waals surface area contributed by atoms with Crippen molar-refractivity contribution in [1.82, 2.24) is 5.32 Å². The molecular weight excluding hydrogens is 329 g/mol. The van der Waals surface area contributed by atoms with E-state index in [0.29, 0.717) is 17.0 Å². The smallest absolute Gasteiger partial charge is 0.411 e. The summed E-state index contributed by atoms with van der Waals surface area (Å²) in [5.41, 5.74) is 1.14. The van der Waals surface area contributed by atoms with Gasteiger partial charge >= 0.3 is 6.18 Å². The number of hydrogen-bond donors (Lipinski definition) is 2. The maximum Gasteiger partial charge on any atom is 0.411 e. The Kier molecular flexibility index (Phi) is 5.33. The Hall–Kier alpha value is -2.29. The molecule has 2 N–H and O–H groups in total. The fourth-order valence-electron chi connectivity index (χ4n) is 2.08. The van der Waals surface area contributed by atoms with Gasteiger partial charge in [-0.1, -0.05) is 6.07 Å². The van der Waals surface area contributed by atoms with Crippen molar-refractivity contribution >= 4 is 17.5 Å². The Morgan fingerprint density at radius 3 is 2.79 bits per heavy atom. The molecule has 0 saturated heterocycles. The van der Waals surface area contributed by atoms with Crippen molar-refractivity contribution in [2.45, 2.75) is 32.2 Å². The first-order valence-corrected chi connectivity index (χ1v) is 7.21. The number of amides is 2. The fourth-order valence-corrected chi connectivity index (χ4v) is 2.08. The number of carbonyl (C=O) groups excluding carboxylic acids is 2. The number of halogens is 3. The van der Waals surface area contributed by atoms with Gasteiger partial charge in [-0.3, -0.25) is 9.59 Å². The lowest BCUT2D eigenvalue weighted by Gasteiger charge is -2.22. The highest BCUT2D eigenvalue weighted by molar-refractivity contribution is 5.95. The van der Waals surface area contributed by atoms with E-state index in [4.69, 9.17) is 4.74 Å². The Morgan fingerprint density at radius 1 is 1.42 bits per heavy atom. The van der Waals surface area contributed by atoms with E-state index < -0.39 is 30.8 Å². The minimum absolute atomic E-state index is 0.0628. The monoisotopic (exact) mass is 346 g/mol. The highest BCUT2D eigenvalue weighted by atomic mass is 19.4. The number of benzene rings is 1. The zero-order valence-electron chi connectivity index (χ0n) is 13.1. The molecular formula is C15H17F3N2O4. The van der Waals surface area contributed by atoms with E-state index in [1.165, 1.54) is 6.92 Å². The largest absolute Gasteiger partial charge is 0.482 e. The molecule has 0 radical (unpaired) electrons. The minimum atomic E-state index is -4.49. The predicted octanol–water partition coefficient (Wildman–Crippen LogP) is 2.16. The Balaban J connectivity index is 1.96. The van der Waals surface area contributed by atoms with E-state index in [1.54, 1.807) is 25.1 Å². The summed E-state index contributed by atoms with van der Waals surface area (Å²) in [6.45, 7) is 1.36. The van der Waals surface area contributed by atoms with Gasteiger partial charge in [0.05, 0.1) is 11.7 Å². The summed E-state index contributed by atoms with van der Waals surface area (Å²) in [6.07, 6.45) is -5.73. The third kappa shape index (κ3) is 4.85. The number of carbonyl (C=O) groups is 2. The average molecular weight is 346 g/mol. The van der Waals surface area contributed by atoms with E-state index >= 15 is 0 Å². The molecule has 132 valence electrons. The lowest BCUT2D eigenvalue weighted by molar-refractivity contribution is -0.185. The first kappa shape index (κ1) is 18.1. The van der Waals surface area contributed by atoms with Gasteiger partial charge in [0.1, 0.15) is 18.5 Å². The third-order valence-corrected chi connectivity index (χ3v) is 3.36. The second kappa shape index (κ2) is 7.08. The number of hydrogen-bond acceptors (Lipinski definition) is 4. The van der Waals surface area contributed by atoms with Gasteiger partial charge in [-0.05, 0) is 31.5 Å². The quantitative estimate of drug-likeness (QED) is 0.857. The molecule has 0 aliphatic carbocycles. The summed E-state index contributed by atoms with van der Waals surface area (Å²) >= 11 is 0. The number of rotatable bonds is 5. The normalized spacial score (nSPS) is 16.5. The van der Waals surface area contributed by atoms with Gasteiger partial charge in [-0.15, -0.1) is 0 Å². The number of nitrogens with one attached hydrogen (secondary N) is 2. The summed E-state index contributed by atoms with van der Waals surface area (Å²) in [4.78, 5) is 23.2. The van der Waals surface area contributed by atoms with Crippen molar-refractivity contribution in [3.8, 4) is 5.75 Å². The van der Waals surface area contributed by atoms with Crippen LogP contribution in [-0.2, 0) is 14.3 Å². The van der Waals surface area contributed by atoms with E-state index in [1.807, 2.05) is 0 Å². The molecule has 0 aromatic heterocycles. The SMILES string of the molecule is C[C@H](OCC(F)(F)F)C(=O)N[C@H](C)c1ccc2c(c1)NC(=O)CO2. The number of ether oxygens (including phenoxy) is 2. The van der Waals surface area contributed by atoms with Crippen LogP contribution in [0.4, 0.5) is 18.9 Å². The lowest BCUT2D eigenvalue weighted by atomic mass is 10.1. The average Bonchev–Trinajstić information content (AvgIpc) is 2.50. The van der Waals surface area contributed by atoms with Crippen LogP contribution in [0.15, 0.2) is 18.2 Å². The van der Waals surface area contributed by atoms with Gasteiger partial charge in [0.15, 0.2) is 6.61 Å².